The summed E-state index contributed by atoms with van der Waals surface area (Å²) in [4.78, 5) is 0. The van der Waals surface area contributed by atoms with Crippen LogP contribution in [-0.2, 0) is 0 Å². The summed E-state index contributed by atoms with van der Waals surface area (Å²) in [5.41, 5.74) is 0. The highest BCUT2D eigenvalue weighted by atomic mass is 15.0. The molecule has 0 aliphatic heterocycles. The van der Waals surface area contributed by atoms with Crippen LogP contribution in [0, 0.1) is 5.92 Å². The maximum atomic E-state index is 3.62. The lowest BCUT2D eigenvalue weighted by atomic mass is 10.0. The summed E-state index contributed by atoms with van der Waals surface area (Å²) in [5.74, 6) is 0.733. The highest BCUT2D eigenvalue weighted by molar-refractivity contribution is 4.66. The second-order valence-corrected chi connectivity index (χ2v) is 8.46. The summed E-state index contributed by atoms with van der Waals surface area (Å²) in [5, 5.41) is 21.0. The van der Waals surface area contributed by atoms with Crippen LogP contribution in [0.5, 0.6) is 0 Å². The van der Waals surface area contributed by atoms with E-state index in [1.807, 2.05) is 0 Å². The highest BCUT2D eigenvalue weighted by Gasteiger charge is 2.06. The second-order valence-electron chi connectivity index (χ2n) is 8.46. The van der Waals surface area contributed by atoms with Crippen LogP contribution in [-0.4, -0.2) is 77.0 Å². The van der Waals surface area contributed by atoms with Gasteiger partial charge in [-0.2, -0.15) is 0 Å². The highest BCUT2D eigenvalue weighted by Crippen LogP contribution is 2.06. The van der Waals surface area contributed by atoms with E-state index in [1.54, 1.807) is 0 Å². The summed E-state index contributed by atoms with van der Waals surface area (Å²) < 4.78 is 0. The average Bonchev–Trinajstić information content (AvgIpc) is 2.60. The van der Waals surface area contributed by atoms with Gasteiger partial charge < -0.3 is 31.9 Å². The van der Waals surface area contributed by atoms with Gasteiger partial charge in [-0.1, -0.05) is 34.6 Å². The van der Waals surface area contributed by atoms with Crippen molar-refractivity contribution in [3.05, 3.63) is 0 Å². The Hall–Kier alpha value is -0.240. The lowest BCUT2D eigenvalue weighted by molar-refractivity contribution is 0.413. The monoisotopic (exact) mass is 386 g/mol. The Bertz CT molecular complexity index is 298. The zero-order valence-corrected chi connectivity index (χ0v) is 19.1. The van der Waals surface area contributed by atoms with Gasteiger partial charge in [-0.15, -0.1) is 0 Å². The minimum Gasteiger partial charge on any atom is -0.315 e. The van der Waals surface area contributed by atoms with Crippen molar-refractivity contribution in [1.29, 1.82) is 0 Å². The van der Waals surface area contributed by atoms with E-state index in [0.29, 0.717) is 18.1 Å². The maximum absolute atomic E-state index is 3.62. The van der Waals surface area contributed by atoms with Crippen LogP contribution < -0.4 is 31.9 Å². The third-order valence-electron chi connectivity index (χ3n) is 4.57. The van der Waals surface area contributed by atoms with E-state index in [-0.39, 0.29) is 0 Å². The molecule has 0 heterocycles. The molecule has 6 heteroatoms. The summed E-state index contributed by atoms with van der Waals surface area (Å²) >= 11 is 0. The van der Waals surface area contributed by atoms with Gasteiger partial charge in [0.1, 0.15) is 0 Å². The molecule has 0 aliphatic rings. The molecule has 6 nitrogen and oxygen atoms in total. The Morgan fingerprint density at radius 3 is 1.44 bits per heavy atom. The molecule has 2 unspecified atom stereocenters. The van der Waals surface area contributed by atoms with Crippen LogP contribution >= 0.6 is 0 Å². The lowest BCUT2D eigenvalue weighted by Crippen LogP contribution is -2.37. The van der Waals surface area contributed by atoms with Crippen LogP contribution in [0.15, 0.2) is 0 Å². The third-order valence-corrected chi connectivity index (χ3v) is 4.57. The first kappa shape index (κ1) is 26.8. The van der Waals surface area contributed by atoms with Crippen LogP contribution in [0.4, 0.5) is 0 Å². The lowest BCUT2D eigenvalue weighted by Gasteiger charge is -2.18. The Kier molecular flexibility index (Phi) is 18.9. The van der Waals surface area contributed by atoms with Gasteiger partial charge in [0.25, 0.3) is 0 Å². The van der Waals surface area contributed by atoms with E-state index in [1.165, 1.54) is 12.8 Å². The standard InChI is InChI=1S/C21H50N6/c1-18(2)25-14-11-22-9-10-24-17-20(5)7-8-21(6)27-16-13-23-12-15-26-19(3)4/h18-27H,7-17H2,1-6H3. The van der Waals surface area contributed by atoms with E-state index in [0.717, 1.165) is 64.8 Å². The average molecular weight is 387 g/mol. The first-order chi connectivity index (χ1) is 12.9. The van der Waals surface area contributed by atoms with Gasteiger partial charge in [0.15, 0.2) is 0 Å². The topological polar surface area (TPSA) is 72.2 Å². The van der Waals surface area contributed by atoms with E-state index in [9.17, 15) is 0 Å². The predicted octanol–water partition coefficient (Wildman–Crippen LogP) is 1.15. The minimum absolute atomic E-state index is 0.574. The Morgan fingerprint density at radius 1 is 0.481 bits per heavy atom. The molecule has 0 spiro atoms. The zero-order chi connectivity index (χ0) is 20.3. The van der Waals surface area contributed by atoms with Crippen LogP contribution in [0.1, 0.15) is 54.4 Å². The van der Waals surface area contributed by atoms with Crippen molar-refractivity contribution in [1.82, 2.24) is 31.9 Å². The van der Waals surface area contributed by atoms with Gasteiger partial charge in [-0.05, 0) is 32.2 Å². The molecule has 0 aromatic carbocycles. The van der Waals surface area contributed by atoms with E-state index < -0.39 is 0 Å². The zero-order valence-electron chi connectivity index (χ0n) is 19.1. The number of hydrogen-bond donors (Lipinski definition) is 6. The molecular formula is C21H50N6. The largest absolute Gasteiger partial charge is 0.315 e. The van der Waals surface area contributed by atoms with Crippen molar-refractivity contribution in [3.8, 4) is 0 Å². The summed E-state index contributed by atoms with van der Waals surface area (Å²) in [6, 6.07) is 1.74. The van der Waals surface area contributed by atoms with Crippen molar-refractivity contribution in [2.45, 2.75) is 72.5 Å². The number of nitrogens with one attached hydrogen (secondary N) is 6. The molecule has 0 saturated carbocycles. The van der Waals surface area contributed by atoms with Gasteiger partial charge in [-0.25, -0.2) is 0 Å². The fourth-order valence-corrected chi connectivity index (χ4v) is 2.82. The van der Waals surface area contributed by atoms with Crippen molar-refractivity contribution >= 4 is 0 Å². The van der Waals surface area contributed by atoms with Crippen LogP contribution in [0.3, 0.4) is 0 Å². The maximum Gasteiger partial charge on any atom is 0.00792 e. The molecule has 0 fully saturated rings. The van der Waals surface area contributed by atoms with Crippen LogP contribution in [0.2, 0.25) is 0 Å². The summed E-state index contributed by atoms with van der Waals surface area (Å²) in [7, 11) is 0. The fourth-order valence-electron chi connectivity index (χ4n) is 2.82. The van der Waals surface area contributed by atoms with Gasteiger partial charge >= 0.3 is 0 Å². The Morgan fingerprint density at radius 2 is 0.926 bits per heavy atom. The van der Waals surface area contributed by atoms with Gasteiger partial charge in [0, 0.05) is 70.5 Å². The molecule has 2 atom stereocenters. The molecule has 6 N–H and O–H groups in total. The Labute approximate surface area is 169 Å². The van der Waals surface area contributed by atoms with Gasteiger partial charge in [0.2, 0.25) is 0 Å². The first-order valence-corrected chi connectivity index (χ1v) is 11.2. The predicted molar refractivity (Wildman–Crippen MR) is 121 cm³/mol. The molecule has 0 radical (unpaired) electrons. The molecule has 0 aromatic heterocycles. The van der Waals surface area contributed by atoms with Crippen molar-refractivity contribution < 1.29 is 0 Å². The molecule has 0 bridgehead atoms. The molecule has 0 aromatic rings. The third kappa shape index (κ3) is 21.9. The summed E-state index contributed by atoms with van der Waals surface area (Å²) in [6.07, 6.45) is 2.52. The summed E-state index contributed by atoms with van der Waals surface area (Å²) in [6.45, 7) is 22.9. The normalized spacial score (nSPS) is 14.2. The van der Waals surface area contributed by atoms with E-state index in [4.69, 9.17) is 0 Å². The van der Waals surface area contributed by atoms with Crippen molar-refractivity contribution in [3.63, 3.8) is 0 Å². The van der Waals surface area contributed by atoms with Crippen molar-refractivity contribution in [2.75, 3.05) is 58.9 Å². The molecular weight excluding hydrogens is 336 g/mol. The first-order valence-electron chi connectivity index (χ1n) is 11.2. The fraction of sp³-hybridized carbons (Fsp3) is 1.00. The molecule has 0 rings (SSSR count). The SMILES string of the molecule is CC(CCC(C)NCCNCCNC(C)C)CNCCNCCNC(C)C. The molecule has 164 valence electrons. The number of hydrogen-bond acceptors (Lipinski definition) is 6. The molecule has 0 saturated heterocycles. The van der Waals surface area contributed by atoms with Gasteiger partial charge in [-0.3, -0.25) is 0 Å². The van der Waals surface area contributed by atoms with Crippen molar-refractivity contribution in [2.24, 2.45) is 5.92 Å². The van der Waals surface area contributed by atoms with E-state index >= 15 is 0 Å². The molecule has 27 heavy (non-hydrogen) atoms. The van der Waals surface area contributed by atoms with Crippen LogP contribution in [0.25, 0.3) is 0 Å². The second kappa shape index (κ2) is 19.1. The van der Waals surface area contributed by atoms with E-state index in [2.05, 4.69) is 73.4 Å². The smallest absolute Gasteiger partial charge is 0.00792 e. The Balaban J connectivity index is 3.34. The minimum atomic E-state index is 0.574. The molecule has 0 amide bonds. The van der Waals surface area contributed by atoms with Gasteiger partial charge in [0.05, 0.1) is 0 Å². The number of rotatable bonds is 20. The molecule has 0 aliphatic carbocycles. The quantitative estimate of drug-likeness (QED) is 0.176.